The Labute approximate surface area is 146 Å². The number of carbonyl (C=O) groups excluding carboxylic acids is 1. The summed E-state index contributed by atoms with van der Waals surface area (Å²) in [5, 5.41) is 7.52. The summed E-state index contributed by atoms with van der Waals surface area (Å²) in [5.74, 6) is -0.124. The summed E-state index contributed by atoms with van der Waals surface area (Å²) in [6.45, 7) is 4.57. The Kier molecular flexibility index (Phi) is 6.11. The topological polar surface area (TPSA) is 67.2 Å². The molecule has 3 rings (SSSR count). The van der Waals surface area contributed by atoms with E-state index in [-0.39, 0.29) is 29.9 Å². The first-order chi connectivity index (χ1) is 11.1. The second-order valence-corrected chi connectivity index (χ2v) is 5.75. The number of nitrogens with zero attached hydrogens (tertiary/aromatic N) is 3. The third-order valence-electron chi connectivity index (χ3n) is 4.02. The largest absolute Gasteiger partial charge is 0.332 e. The fourth-order valence-corrected chi connectivity index (χ4v) is 2.72. The molecule has 0 bridgehead atoms. The van der Waals surface area contributed by atoms with Gasteiger partial charge in [0.25, 0.3) is 11.5 Å². The van der Waals surface area contributed by atoms with Crippen LogP contribution in [0.25, 0.3) is 0 Å². The van der Waals surface area contributed by atoms with Gasteiger partial charge in [-0.3, -0.25) is 9.59 Å². The number of piperazine rings is 1. The molecular formula is C17H21ClN4O2. The molecule has 1 amide bonds. The molecule has 0 radical (unpaired) electrons. The number of hydrogen-bond acceptors (Lipinski definition) is 4. The predicted molar refractivity (Wildman–Crippen MR) is 94.7 cm³/mol. The molecule has 0 saturated carbocycles. The molecule has 1 N–H and O–H groups in total. The first kappa shape index (κ1) is 18.2. The third-order valence-corrected chi connectivity index (χ3v) is 4.02. The van der Waals surface area contributed by atoms with E-state index in [1.165, 1.54) is 16.8 Å². The number of benzene rings is 1. The number of halogens is 1. The summed E-state index contributed by atoms with van der Waals surface area (Å²) < 4.78 is 1.34. The smallest absolute Gasteiger partial charge is 0.274 e. The number of rotatable bonds is 3. The molecule has 1 fully saturated rings. The van der Waals surface area contributed by atoms with E-state index in [2.05, 4.69) is 10.4 Å². The minimum absolute atomic E-state index is 0. The van der Waals surface area contributed by atoms with Crippen molar-refractivity contribution in [2.24, 2.45) is 0 Å². The van der Waals surface area contributed by atoms with Crippen molar-refractivity contribution in [3.8, 4) is 0 Å². The number of aromatic nitrogens is 2. The maximum absolute atomic E-state index is 12.6. The third kappa shape index (κ3) is 4.01. The highest BCUT2D eigenvalue weighted by molar-refractivity contribution is 5.92. The second-order valence-electron chi connectivity index (χ2n) is 5.75. The lowest BCUT2D eigenvalue weighted by molar-refractivity contribution is 0.0647. The minimum atomic E-state index is -0.209. The maximum atomic E-state index is 12.6. The normalized spacial score (nSPS) is 17.2. The molecule has 1 aromatic carbocycles. The van der Waals surface area contributed by atoms with E-state index in [1.807, 2.05) is 37.3 Å². The Morgan fingerprint density at radius 3 is 2.71 bits per heavy atom. The predicted octanol–water partition coefficient (Wildman–Crippen LogP) is 1.15. The molecule has 2 aromatic rings. The van der Waals surface area contributed by atoms with Crippen molar-refractivity contribution in [2.45, 2.75) is 19.5 Å². The lowest BCUT2D eigenvalue weighted by Gasteiger charge is -2.33. The van der Waals surface area contributed by atoms with Gasteiger partial charge < -0.3 is 10.2 Å². The summed E-state index contributed by atoms with van der Waals surface area (Å²) in [7, 11) is 0. The minimum Gasteiger partial charge on any atom is -0.332 e. The number of amides is 1. The molecule has 1 aromatic heterocycles. The van der Waals surface area contributed by atoms with Crippen LogP contribution in [0.1, 0.15) is 23.0 Å². The molecule has 1 aliphatic rings. The van der Waals surface area contributed by atoms with Crippen molar-refractivity contribution in [3.63, 3.8) is 0 Å². The molecule has 6 nitrogen and oxygen atoms in total. The first-order valence-electron chi connectivity index (χ1n) is 7.79. The van der Waals surface area contributed by atoms with E-state index in [4.69, 9.17) is 0 Å². The van der Waals surface area contributed by atoms with E-state index in [1.54, 1.807) is 4.90 Å². The van der Waals surface area contributed by atoms with Gasteiger partial charge in [0.05, 0.1) is 6.54 Å². The Balaban J connectivity index is 0.00000208. The van der Waals surface area contributed by atoms with Crippen molar-refractivity contribution in [1.29, 1.82) is 0 Å². The van der Waals surface area contributed by atoms with E-state index in [9.17, 15) is 9.59 Å². The van der Waals surface area contributed by atoms with Gasteiger partial charge in [-0.25, -0.2) is 4.68 Å². The highest BCUT2D eigenvalue weighted by atomic mass is 35.5. The fourth-order valence-electron chi connectivity index (χ4n) is 2.72. The Bertz CT molecular complexity index is 748. The molecule has 2 heterocycles. The van der Waals surface area contributed by atoms with Crippen molar-refractivity contribution in [2.75, 3.05) is 19.6 Å². The van der Waals surface area contributed by atoms with Gasteiger partial charge in [-0.05, 0) is 18.6 Å². The van der Waals surface area contributed by atoms with Crippen molar-refractivity contribution in [3.05, 3.63) is 64.1 Å². The van der Waals surface area contributed by atoms with Crippen LogP contribution in [0.5, 0.6) is 0 Å². The van der Waals surface area contributed by atoms with Crippen molar-refractivity contribution >= 4 is 18.3 Å². The zero-order chi connectivity index (χ0) is 16.2. The fraction of sp³-hybridized carbons (Fsp3) is 0.353. The van der Waals surface area contributed by atoms with Gasteiger partial charge in [-0.1, -0.05) is 30.3 Å². The van der Waals surface area contributed by atoms with Gasteiger partial charge in [0.2, 0.25) is 0 Å². The van der Waals surface area contributed by atoms with Crippen LogP contribution in [0.3, 0.4) is 0 Å². The molecule has 1 saturated heterocycles. The van der Waals surface area contributed by atoms with Gasteiger partial charge in [0.1, 0.15) is 5.69 Å². The molecule has 0 aliphatic carbocycles. The molecule has 1 atom stereocenters. The number of carbonyl (C=O) groups is 1. The highest BCUT2D eigenvalue weighted by Gasteiger charge is 2.25. The van der Waals surface area contributed by atoms with E-state index in [0.717, 1.165) is 18.7 Å². The summed E-state index contributed by atoms with van der Waals surface area (Å²) >= 11 is 0. The monoisotopic (exact) mass is 348 g/mol. The average molecular weight is 349 g/mol. The van der Waals surface area contributed by atoms with Crippen LogP contribution >= 0.6 is 12.4 Å². The van der Waals surface area contributed by atoms with Crippen molar-refractivity contribution < 1.29 is 4.79 Å². The van der Waals surface area contributed by atoms with Crippen LogP contribution < -0.4 is 10.9 Å². The van der Waals surface area contributed by atoms with Crippen LogP contribution in [0, 0.1) is 0 Å². The molecule has 24 heavy (non-hydrogen) atoms. The van der Waals surface area contributed by atoms with Gasteiger partial charge >= 0.3 is 0 Å². The molecule has 1 aliphatic heterocycles. The van der Waals surface area contributed by atoms with Crippen LogP contribution in [0.4, 0.5) is 0 Å². The average Bonchev–Trinajstić information content (AvgIpc) is 2.58. The maximum Gasteiger partial charge on any atom is 0.274 e. The Morgan fingerprint density at radius 2 is 2.00 bits per heavy atom. The lowest BCUT2D eigenvalue weighted by atomic mass is 10.2. The van der Waals surface area contributed by atoms with Crippen LogP contribution in [-0.4, -0.2) is 46.3 Å². The lowest BCUT2D eigenvalue weighted by Crippen LogP contribution is -2.52. The summed E-state index contributed by atoms with van der Waals surface area (Å²) in [6.07, 6.45) is 0. The second kappa shape index (κ2) is 8.08. The van der Waals surface area contributed by atoms with Crippen LogP contribution in [-0.2, 0) is 6.54 Å². The first-order valence-corrected chi connectivity index (χ1v) is 7.79. The van der Waals surface area contributed by atoms with Gasteiger partial charge in [0.15, 0.2) is 0 Å². The van der Waals surface area contributed by atoms with Crippen LogP contribution in [0.15, 0.2) is 47.3 Å². The number of hydrogen-bond donors (Lipinski definition) is 1. The molecule has 128 valence electrons. The molecule has 7 heteroatoms. The van der Waals surface area contributed by atoms with Crippen molar-refractivity contribution in [1.82, 2.24) is 20.0 Å². The summed E-state index contributed by atoms with van der Waals surface area (Å²) in [5.41, 5.74) is 1.08. The number of nitrogens with one attached hydrogen (secondary N) is 1. The standard InChI is InChI=1S/C17H20N4O2.ClH/c1-13-11-18-9-10-20(13)17(23)15-7-8-16(22)21(19-15)12-14-5-3-2-4-6-14;/h2-8,13,18H,9-12H2,1H3;1H. The van der Waals surface area contributed by atoms with Gasteiger partial charge in [-0.15, -0.1) is 12.4 Å². The Hall–Kier alpha value is -2.18. The Morgan fingerprint density at radius 1 is 1.25 bits per heavy atom. The summed E-state index contributed by atoms with van der Waals surface area (Å²) in [6, 6.07) is 12.7. The van der Waals surface area contributed by atoms with E-state index < -0.39 is 0 Å². The molecular weight excluding hydrogens is 328 g/mol. The zero-order valence-corrected chi connectivity index (χ0v) is 14.3. The quantitative estimate of drug-likeness (QED) is 0.903. The van der Waals surface area contributed by atoms with Gasteiger partial charge in [0, 0.05) is 31.7 Å². The van der Waals surface area contributed by atoms with Gasteiger partial charge in [-0.2, -0.15) is 5.10 Å². The molecule has 1 unspecified atom stereocenters. The van der Waals surface area contributed by atoms with Crippen LogP contribution in [0.2, 0.25) is 0 Å². The zero-order valence-electron chi connectivity index (χ0n) is 13.5. The van der Waals surface area contributed by atoms with E-state index in [0.29, 0.717) is 18.8 Å². The molecule has 0 spiro atoms. The van der Waals surface area contributed by atoms with E-state index >= 15 is 0 Å². The summed E-state index contributed by atoms with van der Waals surface area (Å²) in [4.78, 5) is 26.5. The highest BCUT2D eigenvalue weighted by Crippen LogP contribution is 2.08. The SMILES string of the molecule is CC1CNCCN1C(=O)c1ccc(=O)n(Cc2ccccc2)n1.Cl.